The Morgan fingerprint density at radius 3 is 2.87 bits per heavy atom. The Hall–Kier alpha value is -2.02. The standard InChI is InChI=1S/C16H18BrNO5/c1-16(10-5-3-6-11(9-10)22-2)14(21)13(20)15(23-16)18-12(19)7-4-8-17/h3,5-6,9,20H,4,7-8H2,1-2H3,(H,18,19). The molecule has 7 heteroatoms. The van der Waals surface area contributed by atoms with E-state index in [1.807, 2.05) is 0 Å². The number of methoxy groups -OCH3 is 1. The molecule has 1 amide bonds. The number of halogens is 1. The Balaban J connectivity index is 2.21. The molecular formula is C16H18BrNO5. The molecule has 1 unspecified atom stereocenters. The summed E-state index contributed by atoms with van der Waals surface area (Å²) in [7, 11) is 1.52. The van der Waals surface area contributed by atoms with Crippen LogP contribution in [0.3, 0.4) is 0 Å². The van der Waals surface area contributed by atoms with E-state index in [4.69, 9.17) is 9.47 Å². The van der Waals surface area contributed by atoms with E-state index in [-0.39, 0.29) is 18.2 Å². The zero-order chi connectivity index (χ0) is 17.0. The molecule has 0 saturated carbocycles. The first-order valence-electron chi connectivity index (χ1n) is 7.09. The summed E-state index contributed by atoms with van der Waals surface area (Å²) in [6.45, 7) is 1.54. The van der Waals surface area contributed by atoms with Crippen LogP contribution in [-0.4, -0.2) is 29.2 Å². The Morgan fingerprint density at radius 2 is 2.22 bits per heavy atom. The van der Waals surface area contributed by atoms with Crippen LogP contribution in [0.15, 0.2) is 35.9 Å². The number of nitrogens with one attached hydrogen (secondary N) is 1. The van der Waals surface area contributed by atoms with Gasteiger partial charge in [0.25, 0.3) is 5.78 Å². The van der Waals surface area contributed by atoms with Crippen LogP contribution in [0.2, 0.25) is 0 Å². The van der Waals surface area contributed by atoms with Gasteiger partial charge in [-0.3, -0.25) is 14.9 Å². The fourth-order valence-electron chi connectivity index (χ4n) is 2.24. The van der Waals surface area contributed by atoms with E-state index in [2.05, 4.69) is 21.2 Å². The van der Waals surface area contributed by atoms with Crippen LogP contribution in [0.1, 0.15) is 25.3 Å². The highest BCUT2D eigenvalue weighted by Gasteiger charge is 2.48. The van der Waals surface area contributed by atoms with Gasteiger partial charge in [-0.05, 0) is 25.5 Å². The molecule has 0 aliphatic carbocycles. The smallest absolute Gasteiger partial charge is 0.250 e. The number of rotatable bonds is 6. The summed E-state index contributed by atoms with van der Waals surface area (Å²) in [6, 6.07) is 6.81. The number of aliphatic hydroxyl groups excluding tert-OH is 1. The average Bonchev–Trinajstić information content (AvgIpc) is 2.78. The van der Waals surface area contributed by atoms with E-state index in [9.17, 15) is 14.7 Å². The molecule has 0 aromatic heterocycles. The molecule has 1 aromatic carbocycles. The molecule has 0 fully saturated rings. The van der Waals surface area contributed by atoms with Gasteiger partial charge in [0.1, 0.15) is 5.75 Å². The van der Waals surface area contributed by atoms with E-state index in [1.165, 1.54) is 14.0 Å². The summed E-state index contributed by atoms with van der Waals surface area (Å²) in [5.74, 6) is -1.16. The number of ether oxygens (including phenoxy) is 2. The molecular weight excluding hydrogens is 366 g/mol. The van der Waals surface area contributed by atoms with Crippen molar-refractivity contribution in [1.82, 2.24) is 5.32 Å². The SMILES string of the molecule is COc1cccc(C2(C)OC(NC(=O)CCCBr)=C(O)C2=O)c1. The number of alkyl halides is 1. The number of amides is 1. The molecule has 1 aliphatic heterocycles. The Labute approximate surface area is 142 Å². The molecule has 0 radical (unpaired) electrons. The van der Waals surface area contributed by atoms with Crippen LogP contribution >= 0.6 is 15.9 Å². The summed E-state index contributed by atoms with van der Waals surface area (Å²) < 4.78 is 10.7. The highest BCUT2D eigenvalue weighted by Crippen LogP contribution is 2.38. The third-order valence-electron chi connectivity index (χ3n) is 3.58. The molecule has 1 aliphatic rings. The maximum atomic E-state index is 12.4. The van der Waals surface area contributed by atoms with E-state index in [0.717, 1.165) is 0 Å². The van der Waals surface area contributed by atoms with Crippen LogP contribution in [-0.2, 0) is 19.9 Å². The second-order valence-electron chi connectivity index (χ2n) is 5.21. The quantitative estimate of drug-likeness (QED) is 0.737. The largest absolute Gasteiger partial charge is 0.501 e. The molecule has 0 bridgehead atoms. The summed E-state index contributed by atoms with van der Waals surface area (Å²) in [5.41, 5.74) is -0.880. The lowest BCUT2D eigenvalue weighted by Gasteiger charge is -2.24. The van der Waals surface area contributed by atoms with Crippen molar-refractivity contribution < 1.29 is 24.2 Å². The summed E-state index contributed by atoms with van der Waals surface area (Å²) in [6.07, 6.45) is 0.899. The molecule has 0 saturated heterocycles. The lowest BCUT2D eigenvalue weighted by Crippen LogP contribution is -2.32. The maximum absolute atomic E-state index is 12.4. The van der Waals surface area contributed by atoms with Crippen LogP contribution in [0, 0.1) is 0 Å². The minimum atomic E-state index is -1.41. The Bertz CT molecular complexity index is 658. The predicted molar refractivity (Wildman–Crippen MR) is 87.3 cm³/mol. The lowest BCUT2D eigenvalue weighted by molar-refractivity contribution is -0.133. The number of aliphatic hydroxyl groups is 1. The highest BCUT2D eigenvalue weighted by molar-refractivity contribution is 9.09. The van der Waals surface area contributed by atoms with E-state index in [1.54, 1.807) is 24.3 Å². The monoisotopic (exact) mass is 383 g/mol. The van der Waals surface area contributed by atoms with Gasteiger partial charge in [0, 0.05) is 17.3 Å². The molecule has 124 valence electrons. The van der Waals surface area contributed by atoms with Gasteiger partial charge in [-0.25, -0.2) is 0 Å². The van der Waals surface area contributed by atoms with Gasteiger partial charge >= 0.3 is 0 Å². The number of Topliss-reactive ketones (excluding diaryl/α,β-unsaturated/α-hetero) is 1. The predicted octanol–water partition coefficient (Wildman–Crippen LogP) is 2.53. The Morgan fingerprint density at radius 1 is 1.48 bits per heavy atom. The van der Waals surface area contributed by atoms with Crippen molar-refractivity contribution in [1.29, 1.82) is 0 Å². The first-order valence-corrected chi connectivity index (χ1v) is 8.22. The Kier molecular flexibility index (Phi) is 5.30. The number of hydrogen-bond acceptors (Lipinski definition) is 5. The average molecular weight is 384 g/mol. The molecule has 0 spiro atoms. The second-order valence-corrected chi connectivity index (χ2v) is 6.01. The molecule has 1 heterocycles. The topological polar surface area (TPSA) is 84.9 Å². The highest BCUT2D eigenvalue weighted by atomic mass is 79.9. The molecule has 1 aromatic rings. The van der Waals surface area contributed by atoms with Gasteiger partial charge in [0.15, 0.2) is 5.60 Å². The first-order chi connectivity index (χ1) is 10.9. The van der Waals surface area contributed by atoms with Crippen LogP contribution in [0.25, 0.3) is 0 Å². The molecule has 6 nitrogen and oxygen atoms in total. The number of hydrogen-bond donors (Lipinski definition) is 2. The maximum Gasteiger partial charge on any atom is 0.250 e. The summed E-state index contributed by atoms with van der Waals surface area (Å²) in [5, 5.41) is 13.1. The van der Waals surface area contributed by atoms with Gasteiger partial charge in [-0.2, -0.15) is 0 Å². The van der Waals surface area contributed by atoms with E-state index in [0.29, 0.717) is 23.1 Å². The fourth-order valence-corrected chi connectivity index (χ4v) is 2.52. The van der Waals surface area contributed by atoms with Gasteiger partial charge in [-0.15, -0.1) is 0 Å². The zero-order valence-corrected chi connectivity index (χ0v) is 14.5. The van der Waals surface area contributed by atoms with Crippen molar-refractivity contribution in [3.05, 3.63) is 41.5 Å². The van der Waals surface area contributed by atoms with Crippen LogP contribution in [0.5, 0.6) is 5.75 Å². The number of benzene rings is 1. The molecule has 1 atom stereocenters. The van der Waals surface area contributed by atoms with Crippen molar-refractivity contribution in [2.45, 2.75) is 25.4 Å². The third kappa shape index (κ3) is 3.50. The van der Waals surface area contributed by atoms with Crippen molar-refractivity contribution >= 4 is 27.6 Å². The van der Waals surface area contributed by atoms with Crippen LogP contribution < -0.4 is 10.1 Å². The van der Waals surface area contributed by atoms with Crippen molar-refractivity contribution in [3.8, 4) is 5.75 Å². The number of carbonyl (C=O) groups is 2. The van der Waals surface area contributed by atoms with Crippen molar-refractivity contribution in [3.63, 3.8) is 0 Å². The van der Waals surface area contributed by atoms with Gasteiger partial charge in [-0.1, -0.05) is 28.1 Å². The summed E-state index contributed by atoms with van der Waals surface area (Å²) >= 11 is 3.24. The zero-order valence-electron chi connectivity index (χ0n) is 12.9. The fraction of sp³-hybridized carbons (Fsp3) is 0.375. The van der Waals surface area contributed by atoms with E-state index >= 15 is 0 Å². The lowest BCUT2D eigenvalue weighted by atomic mass is 9.91. The molecule has 2 N–H and O–H groups in total. The van der Waals surface area contributed by atoms with E-state index < -0.39 is 17.1 Å². The minimum Gasteiger partial charge on any atom is -0.501 e. The van der Waals surface area contributed by atoms with Crippen molar-refractivity contribution in [2.24, 2.45) is 0 Å². The van der Waals surface area contributed by atoms with Gasteiger partial charge in [0.2, 0.25) is 17.5 Å². The normalized spacial score (nSPS) is 20.4. The molecule has 2 rings (SSSR count). The van der Waals surface area contributed by atoms with Gasteiger partial charge in [0.05, 0.1) is 7.11 Å². The first kappa shape index (κ1) is 17.3. The second kappa shape index (κ2) is 7.04. The third-order valence-corrected chi connectivity index (χ3v) is 4.14. The summed E-state index contributed by atoms with van der Waals surface area (Å²) in [4.78, 5) is 24.2. The number of ketones is 1. The molecule has 23 heavy (non-hydrogen) atoms. The minimum absolute atomic E-state index is 0.208. The van der Waals surface area contributed by atoms with Gasteiger partial charge < -0.3 is 14.6 Å². The van der Waals surface area contributed by atoms with Crippen LogP contribution in [0.4, 0.5) is 0 Å². The van der Waals surface area contributed by atoms with Crippen molar-refractivity contribution in [2.75, 3.05) is 12.4 Å². The number of carbonyl (C=O) groups excluding carboxylic acids is 2.